The molecule has 1 aromatic heterocycles. The van der Waals surface area contributed by atoms with E-state index in [4.69, 9.17) is 35.4 Å². The lowest BCUT2D eigenvalue weighted by molar-refractivity contribution is 1.10. The van der Waals surface area contributed by atoms with Crippen molar-refractivity contribution < 1.29 is 0 Å². The van der Waals surface area contributed by atoms with Crippen molar-refractivity contribution in [3.63, 3.8) is 0 Å². The largest absolute Gasteiger partial charge is 0.331 e. The molecule has 0 radical (unpaired) electrons. The highest BCUT2D eigenvalue weighted by Crippen LogP contribution is 2.29. The van der Waals surface area contributed by atoms with Gasteiger partial charge in [-0.1, -0.05) is 29.3 Å². The Hall–Kier alpha value is -1.37. The van der Waals surface area contributed by atoms with E-state index >= 15 is 0 Å². The van der Waals surface area contributed by atoms with E-state index in [9.17, 15) is 0 Å². The lowest BCUT2D eigenvalue weighted by atomic mass is 10.3. The maximum atomic E-state index is 6.00. The van der Waals surface area contributed by atoms with Gasteiger partial charge in [0, 0.05) is 0 Å². The normalized spacial score (nSPS) is 10.0. The monoisotopic (exact) mass is 287 g/mol. The van der Waals surface area contributed by atoms with E-state index in [1.807, 2.05) is 0 Å². The zero-order chi connectivity index (χ0) is 12.3. The lowest BCUT2D eigenvalue weighted by Crippen LogP contribution is -2.20. The highest BCUT2D eigenvalue weighted by Gasteiger charge is 2.06. The number of hydrogen-bond donors (Lipinski definition) is 3. The second-order valence-electron chi connectivity index (χ2n) is 3.01. The fourth-order valence-corrected chi connectivity index (χ4v) is 1.68. The maximum Gasteiger partial charge on any atom is 0.224 e. The minimum Gasteiger partial charge on any atom is -0.331 e. The molecule has 0 atom stereocenters. The highest BCUT2D eigenvalue weighted by atomic mass is 35.5. The fraction of sp³-hybridized carbons (Fsp3) is 0. The van der Waals surface area contributed by atoms with Crippen LogP contribution < -0.4 is 10.6 Å². The molecule has 2 rings (SSSR count). The van der Waals surface area contributed by atoms with Gasteiger partial charge in [0.15, 0.2) is 5.11 Å². The van der Waals surface area contributed by atoms with Gasteiger partial charge in [-0.25, -0.2) is 5.10 Å². The smallest absolute Gasteiger partial charge is 0.224 e. The Morgan fingerprint density at radius 3 is 2.82 bits per heavy atom. The Labute approximate surface area is 113 Å². The quantitative estimate of drug-likeness (QED) is 0.741. The average molecular weight is 288 g/mol. The summed E-state index contributed by atoms with van der Waals surface area (Å²) in [5.74, 6) is 0.445. The van der Waals surface area contributed by atoms with Crippen LogP contribution in [0.4, 0.5) is 11.6 Å². The summed E-state index contributed by atoms with van der Waals surface area (Å²) in [4.78, 5) is 3.87. The summed E-state index contributed by atoms with van der Waals surface area (Å²) in [5.41, 5.74) is 0.621. The van der Waals surface area contributed by atoms with Gasteiger partial charge < -0.3 is 10.6 Å². The van der Waals surface area contributed by atoms with Crippen molar-refractivity contribution in [2.45, 2.75) is 0 Å². The van der Waals surface area contributed by atoms with Crippen molar-refractivity contribution in [2.75, 3.05) is 10.6 Å². The summed E-state index contributed by atoms with van der Waals surface area (Å²) in [6.45, 7) is 0. The van der Waals surface area contributed by atoms with E-state index in [-0.39, 0.29) is 0 Å². The molecule has 0 fully saturated rings. The van der Waals surface area contributed by atoms with Gasteiger partial charge in [-0.2, -0.15) is 10.1 Å². The summed E-state index contributed by atoms with van der Waals surface area (Å²) >= 11 is 17.0. The molecular weight excluding hydrogens is 281 g/mol. The topological polar surface area (TPSA) is 65.6 Å². The van der Waals surface area contributed by atoms with E-state index in [1.54, 1.807) is 18.2 Å². The molecule has 17 heavy (non-hydrogen) atoms. The molecule has 1 aromatic carbocycles. The number of benzene rings is 1. The van der Waals surface area contributed by atoms with Crippen LogP contribution in [-0.4, -0.2) is 20.3 Å². The summed E-state index contributed by atoms with van der Waals surface area (Å²) < 4.78 is 0. The Morgan fingerprint density at radius 1 is 1.29 bits per heavy atom. The van der Waals surface area contributed by atoms with Crippen LogP contribution in [0.25, 0.3) is 0 Å². The van der Waals surface area contributed by atoms with Gasteiger partial charge in [0.1, 0.15) is 6.33 Å². The van der Waals surface area contributed by atoms with Gasteiger partial charge in [-0.05, 0) is 24.4 Å². The molecule has 0 amide bonds. The molecule has 0 aliphatic carbocycles. The van der Waals surface area contributed by atoms with Crippen molar-refractivity contribution in [3.05, 3.63) is 34.6 Å². The first-order valence-corrected chi connectivity index (χ1v) is 5.70. The summed E-state index contributed by atoms with van der Waals surface area (Å²) in [7, 11) is 0. The molecule has 0 bridgehead atoms. The molecule has 0 aliphatic heterocycles. The van der Waals surface area contributed by atoms with Crippen LogP contribution in [0.1, 0.15) is 0 Å². The zero-order valence-corrected chi connectivity index (χ0v) is 10.7. The van der Waals surface area contributed by atoms with Gasteiger partial charge in [-0.3, -0.25) is 0 Å². The van der Waals surface area contributed by atoms with Crippen LogP contribution in [0.3, 0.4) is 0 Å². The van der Waals surface area contributed by atoms with Crippen LogP contribution in [0.2, 0.25) is 10.0 Å². The predicted octanol–water partition coefficient (Wildman–Crippen LogP) is 2.92. The second-order valence-corrected chi connectivity index (χ2v) is 4.21. The number of aromatic amines is 1. The number of halogens is 2. The van der Waals surface area contributed by atoms with Gasteiger partial charge in [0.25, 0.3) is 0 Å². The number of anilines is 2. The second kappa shape index (κ2) is 5.31. The highest BCUT2D eigenvalue weighted by molar-refractivity contribution is 7.80. The van der Waals surface area contributed by atoms with Crippen molar-refractivity contribution in [2.24, 2.45) is 0 Å². The van der Waals surface area contributed by atoms with E-state index in [2.05, 4.69) is 25.8 Å². The first-order valence-electron chi connectivity index (χ1n) is 4.54. The molecule has 88 valence electrons. The Kier molecular flexibility index (Phi) is 3.78. The molecule has 5 nitrogen and oxygen atoms in total. The molecule has 0 saturated heterocycles. The van der Waals surface area contributed by atoms with Crippen molar-refractivity contribution in [3.8, 4) is 0 Å². The average Bonchev–Trinajstić information content (AvgIpc) is 2.77. The van der Waals surface area contributed by atoms with E-state index in [1.165, 1.54) is 6.33 Å². The van der Waals surface area contributed by atoms with Crippen LogP contribution in [0, 0.1) is 0 Å². The predicted molar refractivity (Wildman–Crippen MR) is 72.7 cm³/mol. The zero-order valence-electron chi connectivity index (χ0n) is 8.37. The third kappa shape index (κ3) is 3.06. The van der Waals surface area contributed by atoms with Gasteiger partial charge in [0.05, 0.1) is 15.7 Å². The first-order chi connectivity index (χ1) is 8.16. The summed E-state index contributed by atoms with van der Waals surface area (Å²) in [6, 6.07) is 5.23. The summed E-state index contributed by atoms with van der Waals surface area (Å²) in [6.07, 6.45) is 1.37. The SMILES string of the molecule is S=C(Nc1ncn[nH]1)Nc1cccc(Cl)c1Cl. The van der Waals surface area contributed by atoms with Gasteiger partial charge >= 0.3 is 0 Å². The first kappa shape index (κ1) is 12.1. The molecule has 1 heterocycles. The van der Waals surface area contributed by atoms with Crippen LogP contribution in [0.15, 0.2) is 24.5 Å². The Balaban J connectivity index is 2.06. The van der Waals surface area contributed by atoms with Crippen molar-refractivity contribution >= 4 is 52.2 Å². The number of H-pyrrole nitrogens is 1. The summed E-state index contributed by atoms with van der Waals surface area (Å²) in [5, 5.41) is 13.2. The molecule has 3 N–H and O–H groups in total. The lowest BCUT2D eigenvalue weighted by Gasteiger charge is -2.10. The van der Waals surface area contributed by atoms with Crippen LogP contribution in [0.5, 0.6) is 0 Å². The van der Waals surface area contributed by atoms with E-state index in [0.717, 1.165) is 0 Å². The molecule has 0 saturated carbocycles. The van der Waals surface area contributed by atoms with Crippen LogP contribution in [-0.2, 0) is 0 Å². The minimum atomic E-state index is 0.339. The molecule has 8 heteroatoms. The number of aromatic nitrogens is 3. The van der Waals surface area contributed by atoms with Gasteiger partial charge in [0.2, 0.25) is 5.95 Å². The number of thiocarbonyl (C=S) groups is 1. The Bertz CT molecular complexity index is 528. The van der Waals surface area contributed by atoms with E-state index < -0.39 is 0 Å². The van der Waals surface area contributed by atoms with Gasteiger partial charge in [-0.15, -0.1) is 0 Å². The molecular formula is C9H7Cl2N5S. The van der Waals surface area contributed by atoms with E-state index in [0.29, 0.717) is 26.8 Å². The standard InChI is InChI=1S/C9H7Cl2N5S/c10-5-2-1-3-6(7(5)11)14-9(17)15-8-12-4-13-16-8/h1-4H,(H3,12,13,14,15,16,17). The third-order valence-corrected chi connectivity index (χ3v) is 2.87. The Morgan fingerprint density at radius 2 is 2.12 bits per heavy atom. The van der Waals surface area contributed by atoms with Crippen molar-refractivity contribution in [1.29, 1.82) is 0 Å². The molecule has 2 aromatic rings. The van der Waals surface area contributed by atoms with Crippen molar-refractivity contribution in [1.82, 2.24) is 15.2 Å². The molecule has 0 aliphatic rings. The molecule has 0 unspecified atom stereocenters. The van der Waals surface area contributed by atoms with Crippen LogP contribution >= 0.6 is 35.4 Å². The number of nitrogens with zero attached hydrogens (tertiary/aromatic N) is 2. The number of hydrogen-bond acceptors (Lipinski definition) is 3. The third-order valence-electron chi connectivity index (χ3n) is 1.85. The minimum absolute atomic E-state index is 0.339. The number of nitrogens with one attached hydrogen (secondary N) is 3. The molecule has 0 spiro atoms. The number of rotatable bonds is 2. The fourth-order valence-electron chi connectivity index (χ4n) is 1.13. The maximum absolute atomic E-state index is 6.00.